The van der Waals surface area contributed by atoms with Gasteiger partial charge in [-0.2, -0.15) is 0 Å². The Balaban J connectivity index is -0.000000162. The van der Waals surface area contributed by atoms with E-state index in [0.29, 0.717) is 13.2 Å². The summed E-state index contributed by atoms with van der Waals surface area (Å²) >= 11 is 11.4. The summed E-state index contributed by atoms with van der Waals surface area (Å²) in [5.41, 5.74) is 0. The van der Waals surface area contributed by atoms with Crippen LogP contribution in [0.4, 0.5) is 0 Å². The van der Waals surface area contributed by atoms with Crippen LogP contribution in [0.3, 0.4) is 0 Å². The number of aliphatic hydroxyl groups excluding tert-OH is 1. The molecule has 30 heavy (non-hydrogen) atoms. The summed E-state index contributed by atoms with van der Waals surface area (Å²) in [6, 6.07) is 0. The third-order valence-corrected chi connectivity index (χ3v) is 4.33. The lowest BCUT2D eigenvalue weighted by atomic mass is 10.2. The van der Waals surface area contributed by atoms with E-state index in [-0.39, 0.29) is 5.97 Å². The second-order valence-electron chi connectivity index (χ2n) is 5.59. The normalized spacial score (nSPS) is 8.87. The molecule has 180 valence electrons. The zero-order chi connectivity index (χ0) is 23.9. The molecule has 0 saturated heterocycles. The maximum Gasteiger partial charge on any atom is 0.330 e. The Morgan fingerprint density at radius 2 is 1.30 bits per heavy atom. The van der Waals surface area contributed by atoms with Crippen molar-refractivity contribution >= 4 is 54.7 Å². The monoisotopic (exact) mass is 578 g/mol. The quantitative estimate of drug-likeness (QED) is 0.0778. The number of hydrogen-bond acceptors (Lipinski definition) is 5. The maximum absolute atomic E-state index is 10.6. The van der Waals surface area contributed by atoms with Crippen LogP contribution in [0.2, 0.25) is 0 Å². The fourth-order valence-corrected chi connectivity index (χ4v) is 2.34. The minimum Gasteiger partial charge on any atom is -0.463 e. The molecule has 0 radical (unpaired) electrons. The number of halogens is 3. The van der Waals surface area contributed by atoms with Gasteiger partial charge in [0.25, 0.3) is 0 Å². The van der Waals surface area contributed by atoms with E-state index in [1.807, 2.05) is 13.8 Å². The van der Waals surface area contributed by atoms with E-state index in [2.05, 4.69) is 45.0 Å². The first kappa shape index (κ1) is 37.1. The Morgan fingerprint density at radius 3 is 1.60 bits per heavy atom. The SMILES string of the molecule is C=CC(=O)Cl.C=CC(=O)OCCCCCCBr.CCOCC.OCCCCCCBr. The summed E-state index contributed by atoms with van der Waals surface area (Å²) in [4.78, 5) is 20.0. The van der Waals surface area contributed by atoms with Gasteiger partial charge in [0.1, 0.15) is 0 Å². The fraction of sp³-hybridized carbons (Fsp3) is 0.727. The first-order valence-corrected chi connectivity index (χ1v) is 12.9. The van der Waals surface area contributed by atoms with Gasteiger partial charge in [-0.1, -0.05) is 70.7 Å². The minimum absolute atomic E-state index is 0.324. The molecule has 0 amide bonds. The molecule has 1 N–H and O–H groups in total. The lowest BCUT2D eigenvalue weighted by Crippen LogP contribution is -2.01. The lowest BCUT2D eigenvalue weighted by molar-refractivity contribution is -0.137. The van der Waals surface area contributed by atoms with Gasteiger partial charge in [-0.25, -0.2) is 4.79 Å². The van der Waals surface area contributed by atoms with Crippen molar-refractivity contribution in [2.75, 3.05) is 37.1 Å². The zero-order valence-electron chi connectivity index (χ0n) is 18.7. The van der Waals surface area contributed by atoms with Crippen LogP contribution in [0.1, 0.15) is 65.2 Å². The van der Waals surface area contributed by atoms with Crippen LogP contribution in [-0.4, -0.2) is 53.4 Å². The number of ether oxygens (including phenoxy) is 2. The summed E-state index contributed by atoms with van der Waals surface area (Å²) in [6.07, 6.45) is 11.3. The summed E-state index contributed by atoms with van der Waals surface area (Å²) in [5, 5.41) is 10.00. The average Bonchev–Trinajstić information content (AvgIpc) is 2.75. The number of alkyl halides is 2. The van der Waals surface area contributed by atoms with E-state index >= 15 is 0 Å². The topological polar surface area (TPSA) is 72.8 Å². The molecule has 0 aromatic rings. The molecule has 0 fully saturated rings. The number of esters is 1. The van der Waals surface area contributed by atoms with Gasteiger partial charge < -0.3 is 14.6 Å². The molecule has 0 aliphatic carbocycles. The van der Waals surface area contributed by atoms with E-state index < -0.39 is 5.24 Å². The second-order valence-corrected chi connectivity index (χ2v) is 7.55. The largest absolute Gasteiger partial charge is 0.463 e. The Kier molecular flexibility index (Phi) is 48.6. The Labute approximate surface area is 205 Å². The number of carbonyl (C=O) groups is 2. The third kappa shape index (κ3) is 56.5. The molecule has 0 aromatic carbocycles. The molecule has 0 saturated carbocycles. The molecule has 5 nitrogen and oxygen atoms in total. The van der Waals surface area contributed by atoms with E-state index in [9.17, 15) is 9.59 Å². The van der Waals surface area contributed by atoms with Crippen molar-refractivity contribution in [2.45, 2.75) is 65.2 Å². The smallest absolute Gasteiger partial charge is 0.330 e. The van der Waals surface area contributed by atoms with Crippen molar-refractivity contribution in [3.63, 3.8) is 0 Å². The molecule has 0 aliphatic rings. The molecule has 0 aliphatic heterocycles. The van der Waals surface area contributed by atoms with Gasteiger partial charge in [0.15, 0.2) is 0 Å². The molecule has 0 spiro atoms. The molecule has 8 heteroatoms. The highest BCUT2D eigenvalue weighted by Crippen LogP contribution is 2.02. The number of allylic oxidation sites excluding steroid dienone is 1. The molecular weight excluding hydrogens is 539 g/mol. The van der Waals surface area contributed by atoms with Crippen molar-refractivity contribution < 1.29 is 24.2 Å². The first-order chi connectivity index (χ1) is 14.4. The predicted molar refractivity (Wildman–Crippen MR) is 136 cm³/mol. The number of hydrogen-bond donors (Lipinski definition) is 1. The van der Waals surface area contributed by atoms with E-state index in [1.54, 1.807) is 0 Å². The highest BCUT2D eigenvalue weighted by molar-refractivity contribution is 9.09. The Morgan fingerprint density at radius 1 is 0.867 bits per heavy atom. The summed E-state index contributed by atoms with van der Waals surface area (Å²) in [6.45, 7) is 12.9. The number of aliphatic hydroxyl groups is 1. The highest BCUT2D eigenvalue weighted by atomic mass is 79.9. The van der Waals surface area contributed by atoms with Crippen molar-refractivity contribution in [3.05, 3.63) is 25.3 Å². The Bertz CT molecular complexity index is 361. The van der Waals surface area contributed by atoms with Gasteiger partial charge in [0, 0.05) is 36.6 Å². The fourth-order valence-electron chi connectivity index (χ4n) is 1.55. The number of rotatable bonds is 15. The van der Waals surface area contributed by atoms with Crippen LogP contribution in [0.15, 0.2) is 25.3 Å². The number of carbonyl (C=O) groups excluding carboxylic acids is 2. The van der Waals surface area contributed by atoms with Crippen LogP contribution < -0.4 is 0 Å². The van der Waals surface area contributed by atoms with Gasteiger partial charge in [0.05, 0.1) is 6.61 Å². The van der Waals surface area contributed by atoms with Gasteiger partial charge >= 0.3 is 5.97 Å². The van der Waals surface area contributed by atoms with Gasteiger partial charge in [-0.05, 0) is 57.2 Å². The van der Waals surface area contributed by atoms with Crippen LogP contribution in [0, 0.1) is 0 Å². The van der Waals surface area contributed by atoms with Crippen molar-refractivity contribution in [3.8, 4) is 0 Å². The summed E-state index contributed by atoms with van der Waals surface area (Å²) in [5.74, 6) is -0.324. The maximum atomic E-state index is 10.6. The second kappa shape index (κ2) is 39.3. The molecular formula is C22H41Br2ClO5. The van der Waals surface area contributed by atoms with Crippen molar-refractivity contribution in [1.29, 1.82) is 0 Å². The van der Waals surface area contributed by atoms with Gasteiger partial charge in [0.2, 0.25) is 5.24 Å². The predicted octanol–water partition coefficient (Wildman–Crippen LogP) is 6.59. The average molecular weight is 581 g/mol. The molecule has 0 rings (SSSR count). The molecule has 0 bridgehead atoms. The van der Waals surface area contributed by atoms with Gasteiger partial charge in [-0.15, -0.1) is 0 Å². The standard InChI is InChI=1S/C9H15BrO2.C6H13BrO.C4H10O.C3H3ClO/c1-2-9(11)12-8-6-4-3-5-7-10;7-5-3-1-2-4-6-8;1-3-5-4-2;1-2-3(4)5/h2H,1,3-8H2;8H,1-6H2;3-4H2,1-2H3;2H,1H2. The minimum atomic E-state index is -0.509. The number of unbranched alkanes of at least 4 members (excludes halogenated alkanes) is 6. The molecule has 0 aromatic heterocycles. The van der Waals surface area contributed by atoms with Crippen LogP contribution in [0.5, 0.6) is 0 Å². The summed E-state index contributed by atoms with van der Waals surface area (Å²) < 4.78 is 9.64. The van der Waals surface area contributed by atoms with Crippen molar-refractivity contribution in [1.82, 2.24) is 0 Å². The van der Waals surface area contributed by atoms with E-state index in [0.717, 1.165) is 49.2 Å². The van der Waals surface area contributed by atoms with Crippen LogP contribution in [-0.2, 0) is 19.1 Å². The Hall–Kier alpha value is -0.210. The summed E-state index contributed by atoms with van der Waals surface area (Å²) in [7, 11) is 0. The van der Waals surface area contributed by atoms with Crippen molar-refractivity contribution in [2.24, 2.45) is 0 Å². The van der Waals surface area contributed by atoms with Crippen LogP contribution >= 0.6 is 43.5 Å². The lowest BCUT2D eigenvalue weighted by Gasteiger charge is -2.00. The highest BCUT2D eigenvalue weighted by Gasteiger charge is 1.94. The van der Waals surface area contributed by atoms with Crippen LogP contribution in [0.25, 0.3) is 0 Å². The molecule has 0 heterocycles. The molecule has 0 atom stereocenters. The van der Waals surface area contributed by atoms with E-state index in [4.69, 9.17) is 26.2 Å². The third-order valence-electron chi connectivity index (χ3n) is 3.05. The first-order valence-electron chi connectivity index (χ1n) is 10.3. The van der Waals surface area contributed by atoms with Gasteiger partial charge in [-0.3, -0.25) is 4.79 Å². The van der Waals surface area contributed by atoms with E-state index in [1.165, 1.54) is 38.2 Å². The molecule has 0 unspecified atom stereocenters. The zero-order valence-corrected chi connectivity index (χ0v) is 22.6.